The smallest absolute Gasteiger partial charge is 0.221 e. The Morgan fingerprint density at radius 3 is 3.06 bits per heavy atom. The molecule has 4 nitrogen and oxygen atoms in total. The number of carbonyl (C=O) groups is 1. The predicted octanol–water partition coefficient (Wildman–Crippen LogP) is 1.83. The molecule has 0 atom stereocenters. The maximum Gasteiger partial charge on any atom is 0.221 e. The quantitative estimate of drug-likeness (QED) is 0.717. The maximum atomic E-state index is 10.9. The number of hydrogen-bond donors (Lipinski definition) is 2. The van der Waals surface area contributed by atoms with Crippen molar-refractivity contribution in [1.29, 1.82) is 0 Å². The van der Waals surface area contributed by atoms with E-state index in [0.29, 0.717) is 0 Å². The molecular weight excluding hydrogens is 224 g/mol. The van der Waals surface area contributed by atoms with Crippen molar-refractivity contribution in [2.45, 2.75) is 20.4 Å². The molecule has 0 saturated heterocycles. The van der Waals surface area contributed by atoms with Crippen molar-refractivity contribution in [3.8, 4) is 0 Å². The van der Waals surface area contributed by atoms with Crippen LogP contribution in [0.25, 0.3) is 0 Å². The van der Waals surface area contributed by atoms with Crippen LogP contribution in [0, 0.1) is 0 Å². The second-order valence-electron chi connectivity index (χ2n) is 3.31. The minimum Gasteiger partial charge on any atom is -0.380 e. The summed E-state index contributed by atoms with van der Waals surface area (Å²) >= 11 is 1.64. The normalized spacial score (nSPS) is 10.4. The SMILES string of the molecule is CCOCCNCc1sccc1NC(C)=O. The Morgan fingerprint density at radius 2 is 2.38 bits per heavy atom. The van der Waals surface area contributed by atoms with E-state index in [9.17, 15) is 4.79 Å². The largest absolute Gasteiger partial charge is 0.380 e. The first-order valence-corrected chi connectivity index (χ1v) is 6.24. The van der Waals surface area contributed by atoms with Crippen molar-refractivity contribution in [3.63, 3.8) is 0 Å². The third kappa shape index (κ3) is 4.74. The molecule has 1 aromatic rings. The highest BCUT2D eigenvalue weighted by atomic mass is 32.1. The molecule has 5 heteroatoms. The zero-order valence-corrected chi connectivity index (χ0v) is 10.5. The van der Waals surface area contributed by atoms with Crippen LogP contribution in [0.1, 0.15) is 18.7 Å². The van der Waals surface area contributed by atoms with Crippen LogP contribution in [0.15, 0.2) is 11.4 Å². The van der Waals surface area contributed by atoms with Gasteiger partial charge < -0.3 is 15.4 Å². The molecule has 0 aliphatic rings. The lowest BCUT2D eigenvalue weighted by atomic mass is 10.3. The molecule has 0 aliphatic carbocycles. The van der Waals surface area contributed by atoms with Gasteiger partial charge in [0.2, 0.25) is 5.91 Å². The Kier molecular flexibility index (Phi) is 6.07. The molecule has 1 amide bonds. The van der Waals surface area contributed by atoms with Gasteiger partial charge in [-0.15, -0.1) is 11.3 Å². The van der Waals surface area contributed by atoms with Crippen LogP contribution in [0.4, 0.5) is 5.69 Å². The van der Waals surface area contributed by atoms with Crippen LogP contribution in [-0.2, 0) is 16.1 Å². The van der Waals surface area contributed by atoms with Crippen LogP contribution in [0.5, 0.6) is 0 Å². The number of amides is 1. The van der Waals surface area contributed by atoms with Gasteiger partial charge in [-0.05, 0) is 18.4 Å². The predicted molar refractivity (Wildman–Crippen MR) is 66.8 cm³/mol. The van der Waals surface area contributed by atoms with Crippen molar-refractivity contribution < 1.29 is 9.53 Å². The topological polar surface area (TPSA) is 50.4 Å². The third-order valence-corrected chi connectivity index (χ3v) is 2.89. The lowest BCUT2D eigenvalue weighted by Gasteiger charge is -2.06. The first-order valence-electron chi connectivity index (χ1n) is 5.36. The van der Waals surface area contributed by atoms with E-state index in [1.807, 2.05) is 18.4 Å². The molecule has 0 spiro atoms. The first-order chi connectivity index (χ1) is 7.74. The lowest BCUT2D eigenvalue weighted by Crippen LogP contribution is -2.19. The van der Waals surface area contributed by atoms with Crippen molar-refractivity contribution in [2.24, 2.45) is 0 Å². The summed E-state index contributed by atoms with van der Waals surface area (Å²) in [6.45, 7) is 6.55. The van der Waals surface area contributed by atoms with Crippen LogP contribution in [0.3, 0.4) is 0 Å². The van der Waals surface area contributed by atoms with Gasteiger partial charge in [0.05, 0.1) is 12.3 Å². The zero-order chi connectivity index (χ0) is 11.8. The lowest BCUT2D eigenvalue weighted by molar-refractivity contribution is -0.114. The Balaban J connectivity index is 2.30. The molecule has 0 radical (unpaired) electrons. The molecule has 16 heavy (non-hydrogen) atoms. The molecule has 0 fully saturated rings. The van der Waals surface area contributed by atoms with Crippen LogP contribution < -0.4 is 10.6 Å². The number of thiophene rings is 1. The zero-order valence-electron chi connectivity index (χ0n) is 9.71. The molecule has 0 saturated carbocycles. The Hall–Kier alpha value is -0.910. The van der Waals surface area contributed by atoms with Gasteiger partial charge in [-0.2, -0.15) is 0 Å². The van der Waals surface area contributed by atoms with E-state index in [0.717, 1.165) is 36.9 Å². The first kappa shape index (κ1) is 13.2. The highest BCUT2D eigenvalue weighted by molar-refractivity contribution is 7.10. The number of nitrogens with one attached hydrogen (secondary N) is 2. The van der Waals surface area contributed by atoms with Crippen LogP contribution in [-0.4, -0.2) is 25.7 Å². The summed E-state index contributed by atoms with van der Waals surface area (Å²) in [5.41, 5.74) is 0.904. The monoisotopic (exact) mass is 242 g/mol. The molecule has 0 unspecified atom stereocenters. The number of hydrogen-bond acceptors (Lipinski definition) is 4. The second kappa shape index (κ2) is 7.38. The Bertz CT molecular complexity index is 326. The van der Waals surface area contributed by atoms with Gasteiger partial charge in [-0.3, -0.25) is 4.79 Å². The molecule has 0 aliphatic heterocycles. The molecule has 1 aromatic heterocycles. The van der Waals surface area contributed by atoms with Gasteiger partial charge in [0.15, 0.2) is 0 Å². The van der Waals surface area contributed by atoms with Crippen molar-refractivity contribution >= 4 is 22.9 Å². The standard InChI is InChI=1S/C11H18N2O2S/c1-3-15-6-5-12-8-11-10(4-7-16-11)13-9(2)14/h4,7,12H,3,5-6,8H2,1-2H3,(H,13,14). The summed E-state index contributed by atoms with van der Waals surface area (Å²) in [6, 6.07) is 1.92. The summed E-state index contributed by atoms with van der Waals surface area (Å²) in [6.07, 6.45) is 0. The van der Waals surface area contributed by atoms with Crippen LogP contribution >= 0.6 is 11.3 Å². The van der Waals surface area contributed by atoms with Gasteiger partial charge in [-0.1, -0.05) is 0 Å². The fraction of sp³-hybridized carbons (Fsp3) is 0.545. The van der Waals surface area contributed by atoms with Gasteiger partial charge >= 0.3 is 0 Å². The van der Waals surface area contributed by atoms with Gasteiger partial charge in [0.1, 0.15) is 0 Å². The molecular formula is C11H18N2O2S. The summed E-state index contributed by atoms with van der Waals surface area (Å²) in [5.74, 6) is -0.0334. The second-order valence-corrected chi connectivity index (χ2v) is 4.31. The van der Waals surface area contributed by atoms with Crippen molar-refractivity contribution in [1.82, 2.24) is 5.32 Å². The minimum absolute atomic E-state index is 0.0334. The van der Waals surface area contributed by atoms with Crippen LogP contribution in [0.2, 0.25) is 0 Å². The third-order valence-electron chi connectivity index (χ3n) is 1.97. The maximum absolute atomic E-state index is 10.9. The number of anilines is 1. The highest BCUT2D eigenvalue weighted by Gasteiger charge is 2.04. The molecule has 90 valence electrons. The number of rotatable bonds is 7. The van der Waals surface area contributed by atoms with E-state index >= 15 is 0 Å². The molecule has 0 aromatic carbocycles. The van der Waals surface area contributed by atoms with Gasteiger partial charge in [0, 0.05) is 31.5 Å². The summed E-state index contributed by atoms with van der Waals surface area (Å²) < 4.78 is 5.22. The fourth-order valence-electron chi connectivity index (χ4n) is 1.27. The average molecular weight is 242 g/mol. The van der Waals surface area contributed by atoms with E-state index in [4.69, 9.17) is 4.74 Å². The summed E-state index contributed by atoms with van der Waals surface area (Å²) in [7, 11) is 0. The Morgan fingerprint density at radius 1 is 1.56 bits per heavy atom. The minimum atomic E-state index is -0.0334. The highest BCUT2D eigenvalue weighted by Crippen LogP contribution is 2.21. The number of carbonyl (C=O) groups excluding carboxylic acids is 1. The average Bonchev–Trinajstić information content (AvgIpc) is 2.64. The molecule has 2 N–H and O–H groups in total. The van der Waals surface area contributed by atoms with Crippen molar-refractivity contribution in [3.05, 3.63) is 16.3 Å². The van der Waals surface area contributed by atoms with E-state index in [1.165, 1.54) is 6.92 Å². The summed E-state index contributed by atoms with van der Waals surface area (Å²) in [5, 5.41) is 8.05. The number of ether oxygens (including phenoxy) is 1. The van der Waals surface area contributed by atoms with Gasteiger partial charge in [-0.25, -0.2) is 0 Å². The Labute approximate surface area is 100 Å². The molecule has 1 rings (SSSR count). The molecule has 0 bridgehead atoms. The molecule has 1 heterocycles. The van der Waals surface area contributed by atoms with E-state index in [2.05, 4.69) is 10.6 Å². The fourth-order valence-corrected chi connectivity index (χ4v) is 2.07. The van der Waals surface area contributed by atoms with E-state index in [1.54, 1.807) is 11.3 Å². The van der Waals surface area contributed by atoms with Gasteiger partial charge in [0.25, 0.3) is 0 Å². The van der Waals surface area contributed by atoms with E-state index < -0.39 is 0 Å². The van der Waals surface area contributed by atoms with E-state index in [-0.39, 0.29) is 5.91 Å². The summed E-state index contributed by atoms with van der Waals surface area (Å²) in [4.78, 5) is 12.1. The van der Waals surface area contributed by atoms with Crippen molar-refractivity contribution in [2.75, 3.05) is 25.1 Å².